The van der Waals surface area contributed by atoms with Gasteiger partial charge in [-0.05, 0) is 49.6 Å². The number of sulfonamides is 1. The van der Waals surface area contributed by atoms with Gasteiger partial charge in [-0.1, -0.05) is 6.07 Å². The number of anilines is 1. The molecular weight excluding hydrogens is 457 g/mol. The molecule has 34 heavy (non-hydrogen) atoms. The first kappa shape index (κ1) is 22.3. The molecule has 4 aromatic rings. The summed E-state index contributed by atoms with van der Waals surface area (Å²) in [6, 6.07) is 8.36. The molecule has 2 aromatic carbocycles. The first-order chi connectivity index (χ1) is 16.4. The second-order valence-corrected chi connectivity index (χ2v) is 10.2. The third kappa shape index (κ3) is 3.49. The van der Waals surface area contributed by atoms with E-state index in [1.165, 1.54) is 17.5 Å². The van der Waals surface area contributed by atoms with E-state index in [1.54, 1.807) is 37.6 Å². The van der Waals surface area contributed by atoms with E-state index in [9.17, 15) is 8.42 Å². The van der Waals surface area contributed by atoms with Crippen LogP contribution < -0.4 is 9.04 Å². The molecule has 0 bridgehead atoms. The van der Waals surface area contributed by atoms with Crippen LogP contribution in [-0.4, -0.2) is 47.6 Å². The molecule has 1 aliphatic heterocycles. The Morgan fingerprint density at radius 2 is 1.94 bits per heavy atom. The van der Waals surface area contributed by atoms with E-state index in [1.807, 2.05) is 17.6 Å². The van der Waals surface area contributed by atoms with E-state index < -0.39 is 15.8 Å². The molecule has 0 saturated carbocycles. The minimum atomic E-state index is -3.40. The number of methoxy groups -OCH3 is 1. The third-order valence-electron chi connectivity index (χ3n) is 6.27. The van der Waals surface area contributed by atoms with Crippen molar-refractivity contribution in [2.45, 2.75) is 26.8 Å². The Bertz CT molecular complexity index is 1520. The normalized spacial score (nSPS) is 13.5. The summed E-state index contributed by atoms with van der Waals surface area (Å²) < 4.78 is 49.0. The quantitative estimate of drug-likeness (QED) is 0.413. The predicted molar refractivity (Wildman–Crippen MR) is 129 cm³/mol. The van der Waals surface area contributed by atoms with Gasteiger partial charge < -0.3 is 9.30 Å². The van der Waals surface area contributed by atoms with E-state index >= 15 is 4.39 Å². The van der Waals surface area contributed by atoms with Crippen molar-refractivity contribution in [3.8, 4) is 28.0 Å². The first-order valence-electron chi connectivity index (χ1n) is 11.1. The average Bonchev–Trinajstić information content (AvgIpc) is 3.47. The molecule has 8 nitrogen and oxygen atoms in total. The number of aromatic nitrogens is 4. The maximum Gasteiger partial charge on any atom is 0.234 e. The van der Waals surface area contributed by atoms with Gasteiger partial charge in [0.1, 0.15) is 17.1 Å². The van der Waals surface area contributed by atoms with Gasteiger partial charge in [-0.3, -0.25) is 4.31 Å². The highest BCUT2D eigenvalue weighted by Crippen LogP contribution is 2.42. The third-order valence-corrected chi connectivity index (χ3v) is 8.05. The summed E-state index contributed by atoms with van der Waals surface area (Å²) in [5.41, 5.74) is 5.20. The van der Waals surface area contributed by atoms with Crippen molar-refractivity contribution in [1.82, 2.24) is 19.7 Å². The van der Waals surface area contributed by atoms with Gasteiger partial charge in [0.2, 0.25) is 10.0 Å². The molecule has 10 heteroatoms. The lowest BCUT2D eigenvalue weighted by Gasteiger charge is -2.20. The Balaban J connectivity index is 1.65. The number of imidazole rings is 1. The molecular formula is C24H24FN5O3S. The topological polar surface area (TPSA) is 90.2 Å². The van der Waals surface area contributed by atoms with Gasteiger partial charge in [-0.15, -0.1) is 5.10 Å². The average molecular weight is 482 g/mol. The van der Waals surface area contributed by atoms with Crippen LogP contribution in [0.5, 0.6) is 5.75 Å². The predicted octanol–water partition coefficient (Wildman–Crippen LogP) is 4.04. The monoisotopic (exact) mass is 481 g/mol. The molecule has 0 atom stereocenters. The molecule has 0 spiro atoms. The van der Waals surface area contributed by atoms with Crippen LogP contribution in [0.25, 0.3) is 33.4 Å². The Kier molecular flexibility index (Phi) is 5.47. The largest absolute Gasteiger partial charge is 0.496 e. The SMILES string of the molecule is CCn1cnc2c(-c3ccc(F)c(-c4cc5c(cc4OC)N(S(=O)(=O)CC)CC5)c3)cnnc21. The van der Waals surface area contributed by atoms with Crippen LogP contribution in [0, 0.1) is 5.82 Å². The second kappa shape index (κ2) is 8.35. The van der Waals surface area contributed by atoms with Gasteiger partial charge in [0.15, 0.2) is 5.65 Å². The van der Waals surface area contributed by atoms with E-state index in [-0.39, 0.29) is 5.75 Å². The fourth-order valence-corrected chi connectivity index (χ4v) is 5.58. The van der Waals surface area contributed by atoms with Crippen LogP contribution in [-0.2, 0) is 23.0 Å². The molecule has 0 unspecified atom stereocenters. The fraction of sp³-hybridized carbons (Fsp3) is 0.292. The molecule has 176 valence electrons. The Morgan fingerprint density at radius 1 is 1.12 bits per heavy atom. The van der Waals surface area contributed by atoms with E-state index in [2.05, 4.69) is 15.2 Å². The molecule has 0 amide bonds. The molecule has 0 radical (unpaired) electrons. The molecule has 3 heterocycles. The van der Waals surface area contributed by atoms with Crippen molar-refractivity contribution < 1.29 is 17.5 Å². The molecule has 0 saturated heterocycles. The zero-order chi connectivity index (χ0) is 24.0. The van der Waals surface area contributed by atoms with Crippen LogP contribution in [0.4, 0.5) is 10.1 Å². The van der Waals surface area contributed by atoms with Crippen LogP contribution in [0.2, 0.25) is 0 Å². The van der Waals surface area contributed by atoms with E-state index in [4.69, 9.17) is 4.74 Å². The number of aryl methyl sites for hydroxylation is 1. The zero-order valence-electron chi connectivity index (χ0n) is 19.1. The summed E-state index contributed by atoms with van der Waals surface area (Å²) in [6.45, 7) is 4.69. The highest BCUT2D eigenvalue weighted by molar-refractivity contribution is 7.92. The van der Waals surface area contributed by atoms with Crippen molar-refractivity contribution in [3.05, 3.63) is 54.2 Å². The van der Waals surface area contributed by atoms with Crippen molar-refractivity contribution >= 4 is 26.9 Å². The highest BCUT2D eigenvalue weighted by Gasteiger charge is 2.30. The number of ether oxygens (including phenoxy) is 1. The number of halogens is 1. The van der Waals surface area contributed by atoms with Crippen LogP contribution >= 0.6 is 0 Å². The molecule has 5 rings (SSSR count). The Labute approximate surface area is 197 Å². The smallest absolute Gasteiger partial charge is 0.234 e. The summed E-state index contributed by atoms with van der Waals surface area (Å²) in [5, 5.41) is 8.32. The van der Waals surface area contributed by atoms with Gasteiger partial charge in [0.05, 0.1) is 31.1 Å². The van der Waals surface area contributed by atoms with E-state index in [0.29, 0.717) is 53.2 Å². The summed E-state index contributed by atoms with van der Waals surface area (Å²) >= 11 is 0. The number of nitrogens with zero attached hydrogens (tertiary/aromatic N) is 5. The number of hydrogen-bond acceptors (Lipinski definition) is 6. The summed E-state index contributed by atoms with van der Waals surface area (Å²) in [7, 11) is -1.91. The number of hydrogen-bond donors (Lipinski definition) is 0. The van der Waals surface area contributed by atoms with Crippen molar-refractivity contribution in [3.63, 3.8) is 0 Å². The molecule has 0 N–H and O–H groups in total. The van der Waals surface area contributed by atoms with Gasteiger partial charge in [-0.2, -0.15) is 5.10 Å². The molecule has 0 fully saturated rings. The van der Waals surface area contributed by atoms with Gasteiger partial charge in [-0.25, -0.2) is 17.8 Å². The lowest BCUT2D eigenvalue weighted by Crippen LogP contribution is -2.30. The minimum absolute atomic E-state index is 0.00934. The second-order valence-electron chi connectivity index (χ2n) is 8.06. The van der Waals surface area contributed by atoms with Gasteiger partial charge >= 0.3 is 0 Å². The summed E-state index contributed by atoms with van der Waals surface area (Å²) in [6.07, 6.45) is 3.89. The Morgan fingerprint density at radius 3 is 2.68 bits per heavy atom. The molecule has 2 aromatic heterocycles. The summed E-state index contributed by atoms with van der Waals surface area (Å²) in [4.78, 5) is 4.49. The summed E-state index contributed by atoms with van der Waals surface area (Å²) in [5.74, 6) is 0.00623. The fourth-order valence-electron chi connectivity index (χ4n) is 4.43. The van der Waals surface area contributed by atoms with Crippen LogP contribution in [0.1, 0.15) is 19.4 Å². The standard InChI is InChI=1S/C24H24FN5O3S/c1-4-29-14-26-23-19(13-27-28-24(23)29)15-6-7-20(25)17(10-15)18-11-16-8-9-30(34(31,32)5-2)21(16)12-22(18)33-3/h6-7,10-14H,4-5,8-9H2,1-3H3. The van der Waals surface area contributed by atoms with E-state index in [0.717, 1.165) is 16.7 Å². The van der Waals surface area contributed by atoms with Gasteiger partial charge in [0, 0.05) is 35.8 Å². The van der Waals surface area contributed by atoms with Crippen molar-refractivity contribution in [2.75, 3.05) is 23.7 Å². The van der Waals surface area contributed by atoms with Gasteiger partial charge in [0.25, 0.3) is 0 Å². The number of rotatable bonds is 6. The van der Waals surface area contributed by atoms with Crippen molar-refractivity contribution in [2.24, 2.45) is 0 Å². The van der Waals surface area contributed by atoms with Crippen LogP contribution in [0.3, 0.4) is 0 Å². The molecule has 0 aliphatic carbocycles. The maximum absolute atomic E-state index is 15.1. The lowest BCUT2D eigenvalue weighted by molar-refractivity contribution is 0.416. The first-order valence-corrected chi connectivity index (χ1v) is 12.7. The number of fused-ring (bicyclic) bond motifs is 2. The Hall–Kier alpha value is -3.53. The minimum Gasteiger partial charge on any atom is -0.496 e. The highest BCUT2D eigenvalue weighted by atomic mass is 32.2. The zero-order valence-corrected chi connectivity index (χ0v) is 19.9. The molecule has 1 aliphatic rings. The van der Waals surface area contributed by atoms with Crippen LogP contribution in [0.15, 0.2) is 42.9 Å². The lowest BCUT2D eigenvalue weighted by atomic mass is 9.96. The van der Waals surface area contributed by atoms with Crippen molar-refractivity contribution in [1.29, 1.82) is 0 Å². The number of benzene rings is 2. The maximum atomic E-state index is 15.1.